The number of ether oxygens (including phenoxy) is 3. The van der Waals surface area contributed by atoms with Gasteiger partial charge in [0.2, 0.25) is 0 Å². The number of hydrogen-bond donors (Lipinski definition) is 1. The van der Waals surface area contributed by atoms with Crippen LogP contribution in [0.15, 0.2) is 18.2 Å². The average Bonchev–Trinajstić information content (AvgIpc) is 2.41. The SMILES string of the molecule is COc1ccc(OC)c(C2(CC(C)CN)COC2)c1. The molecule has 1 aromatic carbocycles. The summed E-state index contributed by atoms with van der Waals surface area (Å²) in [5, 5.41) is 0. The summed E-state index contributed by atoms with van der Waals surface area (Å²) in [6.07, 6.45) is 1.01. The standard InChI is InChI=1S/C15H23NO3/c1-11(8-16)7-15(9-19-10-15)13-6-12(17-2)4-5-14(13)18-3/h4-6,11H,7-10,16H2,1-3H3. The van der Waals surface area contributed by atoms with E-state index in [0.29, 0.717) is 12.5 Å². The molecule has 1 saturated heterocycles. The van der Waals surface area contributed by atoms with E-state index in [4.69, 9.17) is 19.9 Å². The second kappa shape index (κ2) is 5.80. The maximum absolute atomic E-state index is 5.77. The topological polar surface area (TPSA) is 53.7 Å². The van der Waals surface area contributed by atoms with E-state index in [1.54, 1.807) is 14.2 Å². The molecular formula is C15H23NO3. The van der Waals surface area contributed by atoms with Gasteiger partial charge in [-0.15, -0.1) is 0 Å². The monoisotopic (exact) mass is 265 g/mol. The van der Waals surface area contributed by atoms with Gasteiger partial charge in [0.25, 0.3) is 0 Å². The zero-order valence-corrected chi connectivity index (χ0v) is 11.9. The van der Waals surface area contributed by atoms with E-state index in [1.165, 1.54) is 5.56 Å². The summed E-state index contributed by atoms with van der Waals surface area (Å²) >= 11 is 0. The van der Waals surface area contributed by atoms with Crippen LogP contribution in [-0.4, -0.2) is 34.0 Å². The molecule has 0 bridgehead atoms. The van der Waals surface area contributed by atoms with Gasteiger partial charge in [-0.3, -0.25) is 0 Å². The zero-order valence-electron chi connectivity index (χ0n) is 11.9. The Balaban J connectivity index is 2.36. The van der Waals surface area contributed by atoms with Crippen LogP contribution in [-0.2, 0) is 10.2 Å². The molecule has 19 heavy (non-hydrogen) atoms. The first-order valence-corrected chi connectivity index (χ1v) is 6.65. The van der Waals surface area contributed by atoms with Crippen molar-refractivity contribution < 1.29 is 14.2 Å². The minimum absolute atomic E-state index is 0.0126. The average molecular weight is 265 g/mol. The molecule has 0 spiro atoms. The molecule has 1 aliphatic rings. The fourth-order valence-corrected chi connectivity index (χ4v) is 2.71. The zero-order chi connectivity index (χ0) is 13.9. The minimum Gasteiger partial charge on any atom is -0.497 e. The summed E-state index contributed by atoms with van der Waals surface area (Å²) in [5.74, 6) is 2.20. The van der Waals surface area contributed by atoms with Crippen molar-refractivity contribution in [1.82, 2.24) is 0 Å². The van der Waals surface area contributed by atoms with Crippen molar-refractivity contribution in [2.45, 2.75) is 18.8 Å². The highest BCUT2D eigenvalue weighted by atomic mass is 16.5. The Bertz CT molecular complexity index is 429. The third-order valence-corrected chi connectivity index (χ3v) is 3.88. The molecule has 106 valence electrons. The Morgan fingerprint density at radius 3 is 2.53 bits per heavy atom. The van der Waals surface area contributed by atoms with E-state index in [2.05, 4.69) is 13.0 Å². The van der Waals surface area contributed by atoms with Crippen molar-refractivity contribution in [2.75, 3.05) is 34.0 Å². The fraction of sp³-hybridized carbons (Fsp3) is 0.600. The molecule has 1 atom stereocenters. The lowest BCUT2D eigenvalue weighted by Gasteiger charge is -2.44. The van der Waals surface area contributed by atoms with Gasteiger partial charge in [0.1, 0.15) is 11.5 Å². The van der Waals surface area contributed by atoms with Crippen LogP contribution in [0, 0.1) is 5.92 Å². The van der Waals surface area contributed by atoms with Crippen LogP contribution in [0.3, 0.4) is 0 Å². The molecule has 1 aliphatic heterocycles. The lowest BCUT2D eigenvalue weighted by atomic mass is 9.72. The quantitative estimate of drug-likeness (QED) is 0.854. The van der Waals surface area contributed by atoms with Crippen molar-refractivity contribution in [2.24, 2.45) is 11.7 Å². The predicted molar refractivity (Wildman–Crippen MR) is 74.9 cm³/mol. The van der Waals surface area contributed by atoms with Gasteiger partial charge >= 0.3 is 0 Å². The van der Waals surface area contributed by atoms with Gasteiger partial charge in [0, 0.05) is 11.0 Å². The number of methoxy groups -OCH3 is 2. The van der Waals surface area contributed by atoms with E-state index >= 15 is 0 Å². The highest BCUT2D eigenvalue weighted by Crippen LogP contribution is 2.43. The van der Waals surface area contributed by atoms with Gasteiger partial charge in [-0.25, -0.2) is 0 Å². The predicted octanol–water partition coefficient (Wildman–Crippen LogP) is 1.96. The summed E-state index contributed by atoms with van der Waals surface area (Å²) < 4.78 is 16.3. The Morgan fingerprint density at radius 1 is 1.32 bits per heavy atom. The maximum Gasteiger partial charge on any atom is 0.123 e. The Labute approximate surface area is 114 Å². The molecule has 0 aromatic heterocycles. The summed E-state index contributed by atoms with van der Waals surface area (Å²) in [6, 6.07) is 5.94. The van der Waals surface area contributed by atoms with Crippen LogP contribution in [0.1, 0.15) is 18.9 Å². The molecule has 2 N–H and O–H groups in total. The molecule has 0 radical (unpaired) electrons. The first-order chi connectivity index (χ1) is 9.15. The van der Waals surface area contributed by atoms with E-state index < -0.39 is 0 Å². The van der Waals surface area contributed by atoms with Crippen LogP contribution in [0.5, 0.6) is 11.5 Å². The lowest BCUT2D eigenvalue weighted by Crippen LogP contribution is -2.48. The summed E-state index contributed by atoms with van der Waals surface area (Å²) in [5.41, 5.74) is 6.95. The van der Waals surface area contributed by atoms with Crippen molar-refractivity contribution in [3.8, 4) is 11.5 Å². The number of hydrogen-bond acceptors (Lipinski definition) is 4. The van der Waals surface area contributed by atoms with Gasteiger partial charge < -0.3 is 19.9 Å². The van der Waals surface area contributed by atoms with E-state index in [1.807, 2.05) is 12.1 Å². The Morgan fingerprint density at radius 2 is 2.05 bits per heavy atom. The van der Waals surface area contributed by atoms with Gasteiger partial charge in [-0.2, -0.15) is 0 Å². The van der Waals surface area contributed by atoms with Crippen molar-refractivity contribution >= 4 is 0 Å². The minimum atomic E-state index is 0.0126. The Hall–Kier alpha value is -1.26. The highest BCUT2D eigenvalue weighted by Gasteiger charge is 2.43. The normalized spacial score (nSPS) is 18.5. The van der Waals surface area contributed by atoms with Gasteiger partial charge in [0.15, 0.2) is 0 Å². The van der Waals surface area contributed by atoms with Gasteiger partial charge in [-0.1, -0.05) is 6.92 Å². The van der Waals surface area contributed by atoms with Gasteiger partial charge in [-0.05, 0) is 37.1 Å². The molecule has 1 fully saturated rings. The summed E-state index contributed by atoms with van der Waals surface area (Å²) in [4.78, 5) is 0. The number of nitrogens with two attached hydrogens (primary N) is 1. The van der Waals surface area contributed by atoms with Crippen molar-refractivity contribution in [3.05, 3.63) is 23.8 Å². The third-order valence-electron chi connectivity index (χ3n) is 3.88. The summed E-state index contributed by atoms with van der Waals surface area (Å²) in [7, 11) is 3.38. The molecule has 1 unspecified atom stereocenters. The van der Waals surface area contributed by atoms with Crippen LogP contribution in [0.4, 0.5) is 0 Å². The molecule has 4 nitrogen and oxygen atoms in total. The maximum atomic E-state index is 5.77. The molecule has 0 amide bonds. The van der Waals surface area contributed by atoms with E-state index in [0.717, 1.165) is 31.1 Å². The number of rotatable bonds is 6. The molecule has 1 heterocycles. The molecule has 2 rings (SSSR count). The van der Waals surface area contributed by atoms with Crippen molar-refractivity contribution in [3.63, 3.8) is 0 Å². The molecule has 1 aromatic rings. The molecular weight excluding hydrogens is 242 g/mol. The largest absolute Gasteiger partial charge is 0.497 e. The number of benzene rings is 1. The smallest absolute Gasteiger partial charge is 0.123 e. The van der Waals surface area contributed by atoms with Crippen molar-refractivity contribution in [1.29, 1.82) is 0 Å². The van der Waals surface area contributed by atoms with E-state index in [9.17, 15) is 0 Å². The van der Waals surface area contributed by atoms with E-state index in [-0.39, 0.29) is 5.41 Å². The van der Waals surface area contributed by atoms with Crippen LogP contribution < -0.4 is 15.2 Å². The second-order valence-corrected chi connectivity index (χ2v) is 5.38. The van der Waals surface area contributed by atoms with Crippen LogP contribution in [0.25, 0.3) is 0 Å². The van der Waals surface area contributed by atoms with Crippen LogP contribution in [0.2, 0.25) is 0 Å². The lowest BCUT2D eigenvalue weighted by molar-refractivity contribution is -0.0711. The molecule has 0 aliphatic carbocycles. The Kier molecular flexibility index (Phi) is 4.32. The first-order valence-electron chi connectivity index (χ1n) is 6.65. The summed E-state index contributed by atoms with van der Waals surface area (Å²) in [6.45, 7) is 4.31. The molecule has 0 saturated carbocycles. The third kappa shape index (κ3) is 2.69. The highest BCUT2D eigenvalue weighted by molar-refractivity contribution is 5.46. The van der Waals surface area contributed by atoms with Gasteiger partial charge in [0.05, 0.1) is 27.4 Å². The fourth-order valence-electron chi connectivity index (χ4n) is 2.71. The second-order valence-electron chi connectivity index (χ2n) is 5.38. The first kappa shape index (κ1) is 14.2. The van der Waals surface area contributed by atoms with Crippen LogP contribution >= 0.6 is 0 Å². The molecule has 4 heteroatoms.